The number of halogens is 1. The van der Waals surface area contributed by atoms with Gasteiger partial charge < -0.3 is 11.1 Å². The third kappa shape index (κ3) is 3.11. The smallest absolute Gasteiger partial charge is 0.136 e. The number of nitrogen functional groups attached to an aromatic ring is 1. The molecule has 0 saturated carbocycles. The third-order valence-electron chi connectivity index (χ3n) is 2.64. The molecule has 20 heavy (non-hydrogen) atoms. The third-order valence-corrected chi connectivity index (χ3v) is 4.32. The second-order valence-corrected chi connectivity index (χ2v) is 11.1. The summed E-state index contributed by atoms with van der Waals surface area (Å²) in [6, 6.07) is 1.83. The lowest BCUT2D eigenvalue weighted by Gasteiger charge is -2.10. The minimum atomic E-state index is -1.45. The van der Waals surface area contributed by atoms with Crippen LogP contribution in [0.1, 0.15) is 5.69 Å². The monoisotopic (exact) mass is 348 g/mol. The van der Waals surface area contributed by atoms with Gasteiger partial charge in [-0.15, -0.1) is 5.54 Å². The minimum Gasteiger partial charge on any atom is -0.384 e. The average Bonchev–Trinajstić information content (AvgIpc) is 2.37. The van der Waals surface area contributed by atoms with Gasteiger partial charge in [-0.1, -0.05) is 25.6 Å². The fourth-order valence-electron chi connectivity index (χ4n) is 1.71. The van der Waals surface area contributed by atoms with Gasteiger partial charge in [0.1, 0.15) is 25.4 Å². The van der Waals surface area contributed by atoms with Gasteiger partial charge in [-0.2, -0.15) is 0 Å². The van der Waals surface area contributed by atoms with Gasteiger partial charge in [0, 0.05) is 24.0 Å². The zero-order chi connectivity index (χ0) is 14.9. The highest BCUT2D eigenvalue weighted by atomic mass is 79.9. The molecule has 2 aromatic rings. The molecule has 2 heterocycles. The van der Waals surface area contributed by atoms with Gasteiger partial charge in [-0.05, 0) is 22.0 Å². The number of aromatic nitrogens is 2. The first-order valence-electron chi connectivity index (χ1n) is 6.27. The Labute approximate surface area is 128 Å². The molecule has 0 aliphatic rings. The number of hydrogen-bond donors (Lipinski definition) is 2. The van der Waals surface area contributed by atoms with Gasteiger partial charge >= 0.3 is 0 Å². The molecule has 0 aromatic carbocycles. The molecule has 2 rings (SSSR count). The van der Waals surface area contributed by atoms with Crippen molar-refractivity contribution in [3.8, 4) is 11.5 Å². The number of nitrogens with one attached hydrogen (secondary N) is 1. The van der Waals surface area contributed by atoms with E-state index in [0.717, 1.165) is 26.8 Å². The summed E-state index contributed by atoms with van der Waals surface area (Å²) in [6.45, 7) is 6.61. The van der Waals surface area contributed by atoms with Gasteiger partial charge in [0.15, 0.2) is 0 Å². The van der Waals surface area contributed by atoms with Gasteiger partial charge in [0.2, 0.25) is 0 Å². The largest absolute Gasteiger partial charge is 0.384 e. The summed E-state index contributed by atoms with van der Waals surface area (Å²) >= 11 is 3.59. The Balaban J connectivity index is 2.73. The number of nitrogens with two attached hydrogens (primary N) is 1. The van der Waals surface area contributed by atoms with Crippen molar-refractivity contribution in [2.45, 2.75) is 19.6 Å². The Bertz CT molecular complexity index is 726. The standard InChI is InChI=1S/C14H17BrN4Si/c1-17-14-10-8-18-12(16)7-9(10)13(15)11(19-14)5-6-20(2,3)4/h7-8H,1-4H3,(H2,16,18)(H,17,19). The van der Waals surface area contributed by atoms with Crippen LogP contribution in [0.4, 0.5) is 11.6 Å². The molecule has 0 fully saturated rings. The van der Waals surface area contributed by atoms with Gasteiger partial charge in [0.25, 0.3) is 0 Å². The molecule has 0 radical (unpaired) electrons. The van der Waals surface area contributed by atoms with E-state index in [9.17, 15) is 0 Å². The van der Waals surface area contributed by atoms with Crippen molar-refractivity contribution < 1.29 is 0 Å². The summed E-state index contributed by atoms with van der Waals surface area (Å²) in [7, 11) is 0.387. The van der Waals surface area contributed by atoms with Crippen molar-refractivity contribution in [2.24, 2.45) is 0 Å². The summed E-state index contributed by atoms with van der Waals surface area (Å²) in [4.78, 5) is 8.68. The maximum Gasteiger partial charge on any atom is 0.136 e. The summed E-state index contributed by atoms with van der Waals surface area (Å²) in [6.07, 6.45) is 1.73. The minimum absolute atomic E-state index is 0.482. The number of hydrogen-bond acceptors (Lipinski definition) is 4. The summed E-state index contributed by atoms with van der Waals surface area (Å²) in [5.74, 6) is 4.43. The van der Waals surface area contributed by atoms with Crippen LogP contribution in [0.3, 0.4) is 0 Å². The number of anilines is 2. The molecule has 0 bridgehead atoms. The van der Waals surface area contributed by atoms with Gasteiger partial charge in [-0.25, -0.2) is 9.97 Å². The molecule has 0 aliphatic heterocycles. The van der Waals surface area contributed by atoms with Crippen molar-refractivity contribution >= 4 is 46.4 Å². The van der Waals surface area contributed by atoms with Crippen LogP contribution in [-0.2, 0) is 0 Å². The van der Waals surface area contributed by atoms with Crippen molar-refractivity contribution in [3.63, 3.8) is 0 Å². The van der Waals surface area contributed by atoms with E-state index < -0.39 is 8.07 Å². The molecule has 0 aliphatic carbocycles. The van der Waals surface area contributed by atoms with Crippen LogP contribution in [0.2, 0.25) is 19.6 Å². The maximum atomic E-state index is 5.78. The molecular weight excluding hydrogens is 332 g/mol. The van der Waals surface area contributed by atoms with E-state index in [0.29, 0.717) is 5.82 Å². The number of nitrogens with zero attached hydrogens (tertiary/aromatic N) is 2. The van der Waals surface area contributed by atoms with E-state index in [4.69, 9.17) is 5.73 Å². The average molecular weight is 349 g/mol. The molecule has 6 heteroatoms. The van der Waals surface area contributed by atoms with Crippen molar-refractivity contribution in [1.29, 1.82) is 0 Å². The van der Waals surface area contributed by atoms with Gasteiger partial charge in [-0.3, -0.25) is 0 Å². The lowest BCUT2D eigenvalue weighted by atomic mass is 10.2. The van der Waals surface area contributed by atoms with Crippen LogP contribution in [0.25, 0.3) is 10.8 Å². The molecule has 0 saturated heterocycles. The first-order valence-corrected chi connectivity index (χ1v) is 10.6. The Kier molecular flexibility index (Phi) is 4.02. The molecular formula is C14H17BrN4Si. The van der Waals surface area contributed by atoms with E-state index in [2.05, 4.69) is 62.3 Å². The van der Waals surface area contributed by atoms with Gasteiger partial charge in [0.05, 0.1) is 4.47 Å². The van der Waals surface area contributed by atoms with E-state index in [1.807, 2.05) is 13.1 Å². The van der Waals surface area contributed by atoms with Crippen LogP contribution in [-0.4, -0.2) is 25.1 Å². The number of rotatable bonds is 1. The topological polar surface area (TPSA) is 63.8 Å². The van der Waals surface area contributed by atoms with E-state index in [1.165, 1.54) is 0 Å². The highest BCUT2D eigenvalue weighted by molar-refractivity contribution is 9.10. The number of pyridine rings is 2. The molecule has 0 atom stereocenters. The Morgan fingerprint density at radius 2 is 2.00 bits per heavy atom. The summed E-state index contributed by atoms with van der Waals surface area (Å²) < 4.78 is 0.867. The molecule has 2 aromatic heterocycles. The second-order valence-electron chi connectivity index (χ2n) is 5.53. The highest BCUT2D eigenvalue weighted by Crippen LogP contribution is 2.31. The van der Waals surface area contributed by atoms with Crippen LogP contribution in [0, 0.1) is 11.5 Å². The van der Waals surface area contributed by atoms with E-state index in [-0.39, 0.29) is 0 Å². The molecule has 104 valence electrons. The first kappa shape index (κ1) is 14.8. The van der Waals surface area contributed by atoms with Crippen molar-refractivity contribution in [3.05, 3.63) is 22.4 Å². The zero-order valence-electron chi connectivity index (χ0n) is 12.0. The Hall–Kier alpha value is -1.58. The maximum absolute atomic E-state index is 5.78. The van der Waals surface area contributed by atoms with Crippen LogP contribution in [0.5, 0.6) is 0 Å². The Morgan fingerprint density at radius 1 is 1.30 bits per heavy atom. The molecule has 3 N–H and O–H groups in total. The quantitative estimate of drug-likeness (QED) is 0.613. The first-order chi connectivity index (χ1) is 9.31. The molecule has 0 unspecified atom stereocenters. The molecule has 4 nitrogen and oxygen atoms in total. The summed E-state index contributed by atoms with van der Waals surface area (Å²) in [5.41, 5.74) is 9.84. The summed E-state index contributed by atoms with van der Waals surface area (Å²) in [5, 5.41) is 4.98. The normalized spacial score (nSPS) is 11.1. The fraction of sp³-hybridized carbons (Fsp3) is 0.286. The predicted octanol–water partition coefficient (Wildman–Crippen LogP) is 3.25. The lowest BCUT2D eigenvalue weighted by Crippen LogP contribution is -2.16. The van der Waals surface area contributed by atoms with E-state index >= 15 is 0 Å². The van der Waals surface area contributed by atoms with Crippen molar-refractivity contribution in [2.75, 3.05) is 18.1 Å². The van der Waals surface area contributed by atoms with Crippen LogP contribution in [0.15, 0.2) is 16.7 Å². The number of fused-ring (bicyclic) bond motifs is 1. The SMILES string of the molecule is CNc1nc(C#C[Si](C)(C)C)c(Br)c2cc(N)ncc12. The fourth-order valence-corrected chi connectivity index (χ4v) is 2.72. The van der Waals surface area contributed by atoms with E-state index in [1.54, 1.807) is 6.20 Å². The lowest BCUT2D eigenvalue weighted by molar-refractivity contribution is 1.26. The zero-order valence-corrected chi connectivity index (χ0v) is 14.6. The molecule has 0 amide bonds. The van der Waals surface area contributed by atoms with Crippen molar-refractivity contribution in [1.82, 2.24) is 9.97 Å². The molecule has 0 spiro atoms. The highest BCUT2D eigenvalue weighted by Gasteiger charge is 2.12. The van der Waals surface area contributed by atoms with Crippen LogP contribution < -0.4 is 11.1 Å². The second kappa shape index (κ2) is 5.42. The predicted molar refractivity (Wildman–Crippen MR) is 91.4 cm³/mol. The Morgan fingerprint density at radius 3 is 2.60 bits per heavy atom. The van der Waals surface area contributed by atoms with Crippen LogP contribution >= 0.6 is 15.9 Å².